The Balaban J connectivity index is 0.000000230. The second-order valence-electron chi connectivity index (χ2n) is 10.6. The molecule has 0 aliphatic carbocycles. The van der Waals surface area contributed by atoms with Gasteiger partial charge in [0.05, 0.1) is 19.4 Å². The average Bonchev–Trinajstić information content (AvgIpc) is 3.17. The summed E-state index contributed by atoms with van der Waals surface area (Å²) in [7, 11) is 0. The van der Waals surface area contributed by atoms with Gasteiger partial charge in [-0.05, 0) is 66.6 Å². The zero-order chi connectivity index (χ0) is 37.3. The molecule has 2 aromatic heterocycles. The zero-order valence-electron chi connectivity index (χ0n) is 28.8. The van der Waals surface area contributed by atoms with E-state index in [-0.39, 0.29) is 37.7 Å². The molecule has 0 aliphatic heterocycles. The Morgan fingerprint density at radius 2 is 1.09 bits per heavy atom. The van der Waals surface area contributed by atoms with Gasteiger partial charge in [-0.25, -0.2) is 19.6 Å². The van der Waals surface area contributed by atoms with Gasteiger partial charge in [0.25, 0.3) is 11.1 Å². The number of thioether (sulfide) groups is 1. The van der Waals surface area contributed by atoms with Crippen LogP contribution in [0.2, 0.25) is 0 Å². The predicted octanol–water partition coefficient (Wildman–Crippen LogP) is 7.60. The molecular weight excluding hydrogens is 693 g/mol. The number of H-pyrrole nitrogens is 2. The van der Waals surface area contributed by atoms with Crippen LogP contribution in [0.25, 0.3) is 22.3 Å². The van der Waals surface area contributed by atoms with Gasteiger partial charge in [-0.2, -0.15) is 0 Å². The molecule has 0 saturated heterocycles. The standard InChI is InChI=1S/C19H17N3O3.C12H11N.C8H10N2O3S.CH4/c1-2-25-18(24)16-12-20-19(22-17(16)23)21-15-10-8-14(9-11-15)13-6-4-3-5-7-13;13-12-8-6-11(7-9-12)10-4-2-1-3-5-10;1-3-13-7(12)5-4-9-8(14-2)10-6(5)11;/h3-12H,2H2,1H3,(H2,20,21,22,23);1-9H,13H2;4H,3H2,1-2H3,(H,9,10,11);1H4. The molecule has 5 N–H and O–H groups in total. The SMILES string of the molecule is C.CCOC(=O)c1cnc(Nc2ccc(-c3ccccc3)cc2)[nH]c1=O.CCOC(=O)c1cnc(SC)[nH]c1=O.Nc1ccc(-c2ccccc2)cc1. The summed E-state index contributed by atoms with van der Waals surface area (Å²) < 4.78 is 9.48. The van der Waals surface area contributed by atoms with Gasteiger partial charge in [0.1, 0.15) is 11.1 Å². The number of carbonyl (C=O) groups is 2. The molecule has 13 heteroatoms. The van der Waals surface area contributed by atoms with Crippen LogP contribution in [0, 0.1) is 0 Å². The summed E-state index contributed by atoms with van der Waals surface area (Å²) in [6.07, 6.45) is 4.21. The smallest absolute Gasteiger partial charge is 0.345 e. The third-order valence-electron chi connectivity index (χ3n) is 7.03. The monoisotopic (exact) mass is 734 g/mol. The summed E-state index contributed by atoms with van der Waals surface area (Å²) in [6, 6.07) is 35.9. The van der Waals surface area contributed by atoms with E-state index in [0.29, 0.717) is 5.16 Å². The molecule has 0 radical (unpaired) electrons. The number of nitrogen functional groups attached to an aromatic ring is 1. The molecule has 0 fully saturated rings. The number of hydrogen-bond donors (Lipinski definition) is 4. The second kappa shape index (κ2) is 21.0. The number of nitrogens with two attached hydrogens (primary N) is 1. The normalized spacial score (nSPS) is 9.87. The van der Waals surface area contributed by atoms with E-state index in [9.17, 15) is 19.2 Å². The molecule has 12 nitrogen and oxygen atoms in total. The lowest BCUT2D eigenvalue weighted by Gasteiger charge is -2.07. The van der Waals surface area contributed by atoms with Crippen molar-refractivity contribution in [3.8, 4) is 22.3 Å². The van der Waals surface area contributed by atoms with E-state index in [1.54, 1.807) is 20.1 Å². The van der Waals surface area contributed by atoms with E-state index in [1.165, 1.54) is 35.3 Å². The maximum Gasteiger partial charge on any atom is 0.345 e. The first-order valence-electron chi connectivity index (χ1n) is 16.1. The highest BCUT2D eigenvalue weighted by atomic mass is 32.2. The van der Waals surface area contributed by atoms with Crippen LogP contribution in [0.3, 0.4) is 0 Å². The predicted molar refractivity (Wildman–Crippen MR) is 212 cm³/mol. The van der Waals surface area contributed by atoms with Crippen molar-refractivity contribution in [1.82, 2.24) is 19.9 Å². The van der Waals surface area contributed by atoms with Gasteiger partial charge in [-0.1, -0.05) is 104 Å². The van der Waals surface area contributed by atoms with Crippen molar-refractivity contribution in [2.24, 2.45) is 0 Å². The van der Waals surface area contributed by atoms with E-state index in [1.807, 2.05) is 97.1 Å². The molecule has 0 aliphatic rings. The van der Waals surface area contributed by atoms with Crippen molar-refractivity contribution in [1.29, 1.82) is 0 Å². The first-order chi connectivity index (χ1) is 25.2. The van der Waals surface area contributed by atoms with Gasteiger partial charge >= 0.3 is 11.9 Å². The quantitative estimate of drug-likeness (QED) is 0.0497. The first-order valence-corrected chi connectivity index (χ1v) is 17.3. The Kier molecular flexibility index (Phi) is 16.2. The van der Waals surface area contributed by atoms with Crippen LogP contribution >= 0.6 is 11.8 Å². The van der Waals surface area contributed by atoms with Crippen molar-refractivity contribution in [3.63, 3.8) is 0 Å². The lowest BCUT2D eigenvalue weighted by molar-refractivity contribution is 0.0514. The fraction of sp³-hybridized carbons (Fsp3) is 0.150. The van der Waals surface area contributed by atoms with Crippen molar-refractivity contribution in [2.45, 2.75) is 26.4 Å². The van der Waals surface area contributed by atoms with Crippen molar-refractivity contribution in [3.05, 3.63) is 153 Å². The Morgan fingerprint density at radius 3 is 1.53 bits per heavy atom. The fourth-order valence-electron chi connectivity index (χ4n) is 4.47. The molecule has 0 atom stereocenters. The molecule has 6 rings (SSSR count). The molecule has 0 amide bonds. The first kappa shape index (κ1) is 41.0. The van der Waals surface area contributed by atoms with Gasteiger partial charge in [-0.3, -0.25) is 14.6 Å². The molecule has 0 spiro atoms. The van der Waals surface area contributed by atoms with Gasteiger partial charge in [-0.15, -0.1) is 0 Å². The Labute approximate surface area is 311 Å². The minimum absolute atomic E-state index is 0. The highest BCUT2D eigenvalue weighted by molar-refractivity contribution is 7.98. The molecule has 6 aromatic rings. The van der Waals surface area contributed by atoms with Crippen LogP contribution in [0.1, 0.15) is 42.0 Å². The van der Waals surface area contributed by atoms with Crippen LogP contribution in [-0.4, -0.2) is 51.3 Å². The van der Waals surface area contributed by atoms with E-state index in [0.717, 1.165) is 22.5 Å². The molecular formula is C40H42N6O6S. The maximum absolute atomic E-state index is 11.9. The highest BCUT2D eigenvalue weighted by Crippen LogP contribution is 2.22. The fourth-order valence-corrected chi connectivity index (χ4v) is 4.82. The highest BCUT2D eigenvalue weighted by Gasteiger charge is 2.13. The molecule has 53 heavy (non-hydrogen) atoms. The minimum atomic E-state index is -0.685. The third kappa shape index (κ3) is 12.4. The second-order valence-corrected chi connectivity index (χ2v) is 11.4. The van der Waals surface area contributed by atoms with Crippen molar-refractivity contribution in [2.75, 3.05) is 30.5 Å². The molecule has 2 heterocycles. The number of benzene rings is 4. The van der Waals surface area contributed by atoms with Gasteiger partial charge in [0.15, 0.2) is 5.16 Å². The number of esters is 2. The van der Waals surface area contributed by atoms with E-state index in [2.05, 4.69) is 42.1 Å². The number of aromatic nitrogens is 4. The summed E-state index contributed by atoms with van der Waals surface area (Å²) in [5, 5.41) is 3.48. The average molecular weight is 735 g/mol. The van der Waals surface area contributed by atoms with E-state index in [4.69, 9.17) is 10.5 Å². The van der Waals surface area contributed by atoms with Gasteiger partial charge < -0.3 is 25.5 Å². The number of hydrogen-bond acceptors (Lipinski definition) is 11. The molecule has 0 bridgehead atoms. The lowest BCUT2D eigenvalue weighted by atomic mass is 10.1. The van der Waals surface area contributed by atoms with Crippen LogP contribution < -0.4 is 22.2 Å². The van der Waals surface area contributed by atoms with Crippen LogP contribution in [0.5, 0.6) is 0 Å². The van der Waals surface area contributed by atoms with Crippen molar-refractivity contribution >= 4 is 41.0 Å². The van der Waals surface area contributed by atoms with Crippen LogP contribution in [0.15, 0.2) is 136 Å². The largest absolute Gasteiger partial charge is 0.462 e. The summed E-state index contributed by atoms with van der Waals surface area (Å²) in [4.78, 5) is 58.9. The maximum atomic E-state index is 11.9. The number of ether oxygens (including phenoxy) is 2. The summed E-state index contributed by atoms with van der Waals surface area (Å²) in [6.45, 7) is 3.79. The summed E-state index contributed by atoms with van der Waals surface area (Å²) in [5.41, 5.74) is 10.6. The number of carbonyl (C=O) groups excluding carboxylic acids is 2. The van der Waals surface area contributed by atoms with Crippen LogP contribution in [0.4, 0.5) is 17.3 Å². The van der Waals surface area contributed by atoms with E-state index < -0.39 is 23.1 Å². The number of nitrogens with one attached hydrogen (secondary N) is 3. The zero-order valence-corrected chi connectivity index (χ0v) is 29.6. The third-order valence-corrected chi connectivity index (χ3v) is 7.63. The topological polar surface area (TPSA) is 182 Å². The lowest BCUT2D eigenvalue weighted by Crippen LogP contribution is -2.21. The summed E-state index contributed by atoms with van der Waals surface area (Å²) in [5.74, 6) is -1.07. The Bertz CT molecular complexity index is 2160. The molecule has 0 unspecified atom stereocenters. The van der Waals surface area contributed by atoms with Gasteiger partial charge in [0, 0.05) is 17.6 Å². The van der Waals surface area contributed by atoms with E-state index >= 15 is 0 Å². The number of nitrogens with zero attached hydrogens (tertiary/aromatic N) is 2. The molecule has 4 aromatic carbocycles. The van der Waals surface area contributed by atoms with Crippen LogP contribution in [-0.2, 0) is 9.47 Å². The molecule has 0 saturated carbocycles. The number of anilines is 3. The number of rotatable bonds is 9. The molecule has 274 valence electrons. The summed E-state index contributed by atoms with van der Waals surface area (Å²) >= 11 is 1.30. The number of aromatic amines is 2. The Morgan fingerprint density at radius 1 is 0.660 bits per heavy atom. The van der Waals surface area contributed by atoms with Crippen molar-refractivity contribution < 1.29 is 19.1 Å². The Hall–Kier alpha value is -6.47. The van der Waals surface area contributed by atoms with Gasteiger partial charge in [0.2, 0.25) is 5.95 Å². The minimum Gasteiger partial charge on any atom is -0.462 e.